The molecule has 1 unspecified atom stereocenters. The molecular formula is C15H7F5N2O2S. The quantitative estimate of drug-likeness (QED) is 0.645. The lowest BCUT2D eigenvalue weighted by Gasteiger charge is -2.04. The van der Waals surface area contributed by atoms with Crippen LogP contribution in [0.2, 0.25) is 0 Å². The largest absolute Gasteiger partial charge is 0.471 e. The fourth-order valence-corrected chi connectivity index (χ4v) is 3.05. The van der Waals surface area contributed by atoms with Gasteiger partial charge in [0.05, 0.1) is 10.8 Å². The van der Waals surface area contributed by atoms with E-state index in [4.69, 9.17) is 0 Å². The van der Waals surface area contributed by atoms with Gasteiger partial charge in [0.25, 0.3) is 0 Å². The van der Waals surface area contributed by atoms with E-state index in [2.05, 4.69) is 14.7 Å². The predicted molar refractivity (Wildman–Crippen MR) is 75.8 cm³/mol. The Morgan fingerprint density at radius 3 is 2.32 bits per heavy atom. The van der Waals surface area contributed by atoms with E-state index in [9.17, 15) is 26.2 Å². The molecule has 3 rings (SSSR count). The molecule has 0 aliphatic heterocycles. The van der Waals surface area contributed by atoms with Crippen molar-refractivity contribution in [3.63, 3.8) is 0 Å². The fourth-order valence-electron chi connectivity index (χ4n) is 1.93. The molecule has 1 aromatic heterocycles. The maximum absolute atomic E-state index is 13.3. The zero-order valence-corrected chi connectivity index (χ0v) is 12.9. The Kier molecular flexibility index (Phi) is 4.38. The predicted octanol–water partition coefficient (Wildman–Crippen LogP) is 4.20. The first-order valence-corrected chi connectivity index (χ1v) is 7.79. The van der Waals surface area contributed by atoms with Crippen LogP contribution in [0.25, 0.3) is 11.4 Å². The topological polar surface area (TPSA) is 56.0 Å². The molecule has 10 heteroatoms. The second-order valence-electron chi connectivity index (χ2n) is 4.79. The standard InChI is InChI=1S/C15H7F5N2O2S/c16-11-5-4-10(7-12(11)17)25(23)9-3-1-2-8(6-9)13-21-14(24-22-13)15(18,19)20/h1-7H. The molecule has 1 atom stereocenters. The van der Waals surface area contributed by atoms with Crippen molar-refractivity contribution in [1.29, 1.82) is 0 Å². The van der Waals surface area contributed by atoms with Crippen molar-refractivity contribution in [3.05, 3.63) is 60.0 Å². The van der Waals surface area contributed by atoms with E-state index in [1.165, 1.54) is 24.3 Å². The molecule has 4 nitrogen and oxygen atoms in total. The van der Waals surface area contributed by atoms with Gasteiger partial charge >= 0.3 is 12.1 Å². The van der Waals surface area contributed by atoms with Crippen LogP contribution < -0.4 is 0 Å². The SMILES string of the molecule is O=S(c1cccc(-c2noc(C(F)(F)F)n2)c1)c1ccc(F)c(F)c1. The molecule has 0 radical (unpaired) electrons. The summed E-state index contributed by atoms with van der Waals surface area (Å²) in [5.74, 6) is -4.08. The molecule has 25 heavy (non-hydrogen) atoms. The van der Waals surface area contributed by atoms with E-state index in [-0.39, 0.29) is 21.2 Å². The minimum atomic E-state index is -4.78. The third-order valence-electron chi connectivity index (χ3n) is 3.08. The van der Waals surface area contributed by atoms with Crippen molar-refractivity contribution in [2.75, 3.05) is 0 Å². The summed E-state index contributed by atoms with van der Waals surface area (Å²) in [6.07, 6.45) is -4.78. The van der Waals surface area contributed by atoms with Crippen LogP contribution in [0.5, 0.6) is 0 Å². The van der Waals surface area contributed by atoms with Gasteiger partial charge in [-0.2, -0.15) is 18.2 Å². The summed E-state index contributed by atoms with van der Waals surface area (Å²) < 4.78 is 80.3. The molecular weight excluding hydrogens is 367 g/mol. The van der Waals surface area contributed by atoms with Gasteiger partial charge in [0, 0.05) is 15.4 Å². The number of hydrogen-bond donors (Lipinski definition) is 0. The third kappa shape index (κ3) is 3.58. The molecule has 0 aliphatic carbocycles. The average molecular weight is 374 g/mol. The van der Waals surface area contributed by atoms with E-state index < -0.39 is 34.5 Å². The van der Waals surface area contributed by atoms with E-state index >= 15 is 0 Å². The van der Waals surface area contributed by atoms with Crippen LogP contribution in [0.1, 0.15) is 5.89 Å². The Bertz CT molecular complexity index is 955. The summed E-state index contributed by atoms with van der Waals surface area (Å²) in [4.78, 5) is 3.39. The number of aromatic nitrogens is 2. The lowest BCUT2D eigenvalue weighted by atomic mass is 10.2. The molecule has 0 saturated heterocycles. The Morgan fingerprint density at radius 1 is 0.960 bits per heavy atom. The van der Waals surface area contributed by atoms with Gasteiger partial charge in [-0.05, 0) is 30.3 Å². The molecule has 130 valence electrons. The monoisotopic (exact) mass is 374 g/mol. The van der Waals surface area contributed by atoms with Crippen LogP contribution in [0.4, 0.5) is 22.0 Å². The van der Waals surface area contributed by atoms with Crippen LogP contribution in [-0.2, 0) is 17.0 Å². The third-order valence-corrected chi connectivity index (χ3v) is 4.44. The highest BCUT2D eigenvalue weighted by Gasteiger charge is 2.38. The van der Waals surface area contributed by atoms with Gasteiger partial charge in [-0.25, -0.2) is 13.0 Å². The van der Waals surface area contributed by atoms with E-state index in [0.717, 1.165) is 18.2 Å². The van der Waals surface area contributed by atoms with Crippen LogP contribution in [-0.4, -0.2) is 14.3 Å². The summed E-state index contributed by atoms with van der Waals surface area (Å²) >= 11 is 0. The van der Waals surface area contributed by atoms with Crippen LogP contribution >= 0.6 is 0 Å². The molecule has 3 aromatic rings. The first-order valence-electron chi connectivity index (χ1n) is 6.64. The Hall–Kier alpha value is -2.62. The highest BCUT2D eigenvalue weighted by molar-refractivity contribution is 7.85. The number of hydrogen-bond acceptors (Lipinski definition) is 4. The van der Waals surface area contributed by atoms with E-state index in [1.807, 2.05) is 0 Å². The second-order valence-corrected chi connectivity index (χ2v) is 6.27. The molecule has 0 bridgehead atoms. The molecule has 0 amide bonds. The van der Waals surface area contributed by atoms with Crippen molar-refractivity contribution < 1.29 is 30.7 Å². The molecule has 0 spiro atoms. The number of benzene rings is 2. The zero-order chi connectivity index (χ0) is 18.2. The van der Waals surface area contributed by atoms with E-state index in [1.54, 1.807) is 0 Å². The van der Waals surface area contributed by atoms with Crippen molar-refractivity contribution in [2.24, 2.45) is 0 Å². The summed E-state index contributed by atoms with van der Waals surface area (Å²) in [5, 5.41) is 3.24. The minimum Gasteiger partial charge on any atom is -0.329 e. The summed E-state index contributed by atoms with van der Waals surface area (Å²) in [6.45, 7) is 0. The first-order chi connectivity index (χ1) is 11.8. The normalized spacial score (nSPS) is 13.0. The second kappa shape index (κ2) is 6.36. The molecule has 0 saturated carbocycles. The van der Waals surface area contributed by atoms with Gasteiger partial charge in [0.15, 0.2) is 11.6 Å². The zero-order valence-electron chi connectivity index (χ0n) is 12.1. The molecule has 0 N–H and O–H groups in total. The lowest BCUT2D eigenvalue weighted by molar-refractivity contribution is -0.159. The van der Waals surface area contributed by atoms with Gasteiger partial charge < -0.3 is 4.52 Å². The number of rotatable bonds is 3. The van der Waals surface area contributed by atoms with Crippen molar-refractivity contribution in [3.8, 4) is 11.4 Å². The van der Waals surface area contributed by atoms with Gasteiger partial charge in [-0.1, -0.05) is 17.3 Å². The Labute approximate surface area is 139 Å². The summed E-state index contributed by atoms with van der Waals surface area (Å²) in [5.41, 5.74) is 0.132. The lowest BCUT2D eigenvalue weighted by Crippen LogP contribution is -2.04. The Morgan fingerprint density at radius 2 is 1.68 bits per heavy atom. The first kappa shape index (κ1) is 17.2. The van der Waals surface area contributed by atoms with Gasteiger partial charge in [0.2, 0.25) is 5.82 Å². The van der Waals surface area contributed by atoms with Gasteiger partial charge in [-0.3, -0.25) is 0 Å². The maximum Gasteiger partial charge on any atom is 0.471 e. The van der Waals surface area contributed by atoms with Crippen molar-refractivity contribution in [2.45, 2.75) is 16.0 Å². The molecule has 1 heterocycles. The number of halogens is 5. The van der Waals surface area contributed by atoms with Crippen molar-refractivity contribution >= 4 is 10.8 Å². The maximum atomic E-state index is 13.3. The van der Waals surface area contributed by atoms with Crippen LogP contribution in [0.3, 0.4) is 0 Å². The minimum absolute atomic E-state index is 0.000132. The highest BCUT2D eigenvalue weighted by Crippen LogP contribution is 2.30. The smallest absolute Gasteiger partial charge is 0.329 e. The number of alkyl halides is 3. The fraction of sp³-hybridized carbons (Fsp3) is 0.0667. The van der Waals surface area contributed by atoms with Gasteiger partial charge in [-0.15, -0.1) is 0 Å². The summed E-state index contributed by atoms with van der Waals surface area (Å²) in [7, 11) is -1.87. The van der Waals surface area contributed by atoms with E-state index in [0.29, 0.717) is 0 Å². The highest BCUT2D eigenvalue weighted by atomic mass is 32.2. The average Bonchev–Trinajstić information content (AvgIpc) is 3.07. The molecule has 0 aliphatic rings. The van der Waals surface area contributed by atoms with Gasteiger partial charge in [0.1, 0.15) is 0 Å². The van der Waals surface area contributed by atoms with Crippen LogP contribution in [0, 0.1) is 11.6 Å². The molecule has 0 fully saturated rings. The number of nitrogens with zero attached hydrogens (tertiary/aromatic N) is 2. The van der Waals surface area contributed by atoms with Crippen molar-refractivity contribution in [1.82, 2.24) is 10.1 Å². The van der Waals surface area contributed by atoms with Crippen LogP contribution in [0.15, 0.2) is 56.8 Å². The molecule has 2 aromatic carbocycles. The Balaban J connectivity index is 1.95. The summed E-state index contributed by atoms with van der Waals surface area (Å²) in [6, 6.07) is 8.30.